The van der Waals surface area contributed by atoms with Gasteiger partial charge in [0, 0.05) is 28.7 Å². The molecule has 1 saturated carbocycles. The van der Waals surface area contributed by atoms with Crippen LogP contribution in [0.15, 0.2) is 48.8 Å². The van der Waals surface area contributed by atoms with Gasteiger partial charge in [0.05, 0.1) is 23.3 Å². The van der Waals surface area contributed by atoms with Crippen molar-refractivity contribution < 1.29 is 13.9 Å². The third-order valence-corrected chi connectivity index (χ3v) is 6.83. The average Bonchev–Trinajstić information content (AvgIpc) is 2.76. The number of nitrogens with one attached hydrogen (secondary N) is 3. The van der Waals surface area contributed by atoms with Gasteiger partial charge in [-0.15, -0.1) is 12.4 Å². The van der Waals surface area contributed by atoms with Gasteiger partial charge in [0.15, 0.2) is 0 Å². The molecule has 10 heteroatoms. The first kappa shape index (κ1) is 25.2. The summed E-state index contributed by atoms with van der Waals surface area (Å²) in [6, 6.07) is 8.25. The van der Waals surface area contributed by atoms with Gasteiger partial charge in [0.25, 0.3) is 0 Å². The number of nitrogens with zero attached hydrogens (tertiary/aromatic N) is 2. The van der Waals surface area contributed by atoms with Gasteiger partial charge in [-0.25, -0.2) is 14.4 Å². The Labute approximate surface area is 213 Å². The van der Waals surface area contributed by atoms with Gasteiger partial charge in [0.2, 0.25) is 5.91 Å². The molecule has 3 N–H and O–H groups in total. The van der Waals surface area contributed by atoms with Crippen LogP contribution in [0.2, 0.25) is 5.02 Å². The highest BCUT2D eigenvalue weighted by molar-refractivity contribution is 6.31. The first-order chi connectivity index (χ1) is 16.4. The smallest absolute Gasteiger partial charge is 0.248 e. The number of hydrogen-bond donors (Lipinski definition) is 3. The Morgan fingerprint density at radius 3 is 2.80 bits per heavy atom. The van der Waals surface area contributed by atoms with Crippen LogP contribution in [0.4, 0.5) is 21.6 Å². The fourth-order valence-electron chi connectivity index (χ4n) is 4.65. The lowest BCUT2D eigenvalue weighted by molar-refractivity contribution is -0.111. The fourth-order valence-corrected chi connectivity index (χ4v) is 4.83. The molecular formula is C25H26Cl2FN5O2. The third-order valence-electron chi connectivity index (χ3n) is 6.54. The van der Waals surface area contributed by atoms with Crippen molar-refractivity contribution in [3.05, 3.63) is 59.7 Å². The second-order valence-corrected chi connectivity index (χ2v) is 9.26. The Morgan fingerprint density at radius 1 is 1.31 bits per heavy atom. The van der Waals surface area contributed by atoms with Crippen molar-refractivity contribution in [3.63, 3.8) is 0 Å². The number of fused-ring (bicyclic) bond motifs is 1. The molecule has 7 nitrogen and oxygen atoms in total. The topological polar surface area (TPSA) is 88.2 Å². The molecule has 1 saturated heterocycles. The summed E-state index contributed by atoms with van der Waals surface area (Å²) in [5, 5.41) is 10.3. The number of aromatic nitrogens is 2. The number of anilines is 3. The second-order valence-electron chi connectivity index (χ2n) is 8.85. The van der Waals surface area contributed by atoms with Crippen LogP contribution in [0.3, 0.4) is 0 Å². The summed E-state index contributed by atoms with van der Waals surface area (Å²) in [4.78, 5) is 21.2. The predicted octanol–water partition coefficient (Wildman–Crippen LogP) is 5.77. The maximum Gasteiger partial charge on any atom is 0.248 e. The quantitative estimate of drug-likeness (QED) is 0.345. The molecule has 184 valence electrons. The fraction of sp³-hybridized carbons (Fsp3) is 0.320. The van der Waals surface area contributed by atoms with E-state index in [1.165, 1.54) is 51.3 Å². The number of benzene rings is 2. The molecule has 3 aromatic rings. The normalized spacial score (nSPS) is 18.0. The molecule has 1 unspecified atom stereocenters. The third kappa shape index (κ3) is 5.34. The SMILES string of the molecule is COc1cc2ncnc(Nc3ccc(F)c(Cl)c3)c2cc1NC(=O)C=CCC1CC2(CCC2)N1.Cl. The Balaban J connectivity index is 0.00000289. The van der Waals surface area contributed by atoms with E-state index in [2.05, 4.69) is 25.9 Å². The van der Waals surface area contributed by atoms with E-state index >= 15 is 0 Å². The maximum absolute atomic E-state index is 13.5. The molecule has 1 spiro atoms. The van der Waals surface area contributed by atoms with Gasteiger partial charge in [-0.05, 0) is 62.4 Å². The lowest BCUT2D eigenvalue weighted by Crippen LogP contribution is -2.66. The van der Waals surface area contributed by atoms with E-state index in [0.29, 0.717) is 45.4 Å². The first-order valence-corrected chi connectivity index (χ1v) is 11.6. The van der Waals surface area contributed by atoms with Crippen LogP contribution in [-0.2, 0) is 4.79 Å². The zero-order valence-electron chi connectivity index (χ0n) is 19.1. The minimum Gasteiger partial charge on any atom is -0.494 e. The number of rotatable bonds is 7. The Hall–Kier alpha value is -2.94. The maximum atomic E-state index is 13.5. The highest BCUT2D eigenvalue weighted by Gasteiger charge is 2.46. The number of carbonyl (C=O) groups is 1. The molecule has 1 amide bonds. The average molecular weight is 518 g/mol. The molecule has 35 heavy (non-hydrogen) atoms. The van der Waals surface area contributed by atoms with Crippen LogP contribution in [0.5, 0.6) is 5.75 Å². The minimum absolute atomic E-state index is 0. The molecule has 0 bridgehead atoms. The number of hydrogen-bond acceptors (Lipinski definition) is 6. The van der Waals surface area contributed by atoms with E-state index in [9.17, 15) is 9.18 Å². The van der Waals surface area contributed by atoms with Crippen molar-refractivity contribution in [2.24, 2.45) is 0 Å². The standard InChI is InChI=1S/C25H25ClFN5O2.ClH/c1-34-22-12-20-17(24(29-14-28-20)30-15-6-7-19(27)18(26)10-15)11-21(22)31-23(33)5-2-4-16-13-25(32-16)8-3-9-25;/h2,5-7,10-12,14,16,32H,3-4,8-9,13H2,1H3,(H,31,33)(H,28,29,30);1H. The van der Waals surface area contributed by atoms with E-state index in [-0.39, 0.29) is 23.3 Å². The number of ether oxygens (including phenoxy) is 1. The molecule has 2 heterocycles. The van der Waals surface area contributed by atoms with Gasteiger partial charge in [-0.1, -0.05) is 17.7 Å². The van der Waals surface area contributed by atoms with Crippen LogP contribution >= 0.6 is 24.0 Å². The van der Waals surface area contributed by atoms with E-state index < -0.39 is 5.82 Å². The zero-order chi connectivity index (χ0) is 23.7. The molecule has 0 radical (unpaired) electrons. The van der Waals surface area contributed by atoms with E-state index in [4.69, 9.17) is 16.3 Å². The van der Waals surface area contributed by atoms with E-state index in [1.54, 1.807) is 24.3 Å². The van der Waals surface area contributed by atoms with Gasteiger partial charge in [-0.3, -0.25) is 4.79 Å². The highest BCUT2D eigenvalue weighted by Crippen LogP contribution is 2.43. The Kier molecular flexibility index (Phi) is 7.44. The van der Waals surface area contributed by atoms with Crippen LogP contribution in [0, 0.1) is 5.82 Å². The van der Waals surface area contributed by atoms with Crippen LogP contribution in [0.25, 0.3) is 10.9 Å². The van der Waals surface area contributed by atoms with Gasteiger partial charge in [-0.2, -0.15) is 0 Å². The number of carbonyl (C=O) groups excluding carboxylic acids is 1. The van der Waals surface area contributed by atoms with E-state index in [0.717, 1.165) is 6.42 Å². The lowest BCUT2D eigenvalue weighted by Gasteiger charge is -2.55. The second kappa shape index (κ2) is 10.4. The molecule has 1 aliphatic carbocycles. The summed E-state index contributed by atoms with van der Waals surface area (Å²) in [6.07, 6.45) is 10.7. The van der Waals surface area contributed by atoms with Crippen LogP contribution < -0.4 is 20.7 Å². The molecule has 1 aliphatic heterocycles. The summed E-state index contributed by atoms with van der Waals surface area (Å²) in [6.45, 7) is 0. The van der Waals surface area contributed by atoms with Gasteiger partial charge >= 0.3 is 0 Å². The molecule has 2 aromatic carbocycles. The largest absolute Gasteiger partial charge is 0.494 e. The zero-order valence-corrected chi connectivity index (χ0v) is 20.7. The lowest BCUT2D eigenvalue weighted by atomic mass is 9.66. The summed E-state index contributed by atoms with van der Waals surface area (Å²) in [5.74, 6) is 0.226. The number of amides is 1. The van der Waals surface area contributed by atoms with Crippen molar-refractivity contribution >= 4 is 58.0 Å². The number of methoxy groups -OCH3 is 1. The van der Waals surface area contributed by atoms with Crippen molar-refractivity contribution in [1.82, 2.24) is 15.3 Å². The Bertz CT molecular complexity index is 1270. The molecule has 2 fully saturated rings. The predicted molar refractivity (Wildman–Crippen MR) is 139 cm³/mol. The molecule has 1 aromatic heterocycles. The summed E-state index contributed by atoms with van der Waals surface area (Å²) < 4.78 is 19.0. The molecule has 2 aliphatic rings. The van der Waals surface area contributed by atoms with Crippen LogP contribution in [0.1, 0.15) is 32.1 Å². The first-order valence-electron chi connectivity index (χ1n) is 11.2. The van der Waals surface area contributed by atoms with Crippen molar-refractivity contribution in [1.29, 1.82) is 0 Å². The van der Waals surface area contributed by atoms with Crippen molar-refractivity contribution in [3.8, 4) is 5.75 Å². The Morgan fingerprint density at radius 2 is 2.11 bits per heavy atom. The molecular weight excluding hydrogens is 492 g/mol. The van der Waals surface area contributed by atoms with Crippen molar-refractivity contribution in [2.75, 3.05) is 17.7 Å². The summed E-state index contributed by atoms with van der Waals surface area (Å²) in [7, 11) is 1.53. The van der Waals surface area contributed by atoms with Gasteiger partial charge < -0.3 is 20.7 Å². The summed E-state index contributed by atoms with van der Waals surface area (Å²) in [5.41, 5.74) is 2.09. The number of halogens is 3. The highest BCUT2D eigenvalue weighted by atomic mass is 35.5. The van der Waals surface area contributed by atoms with Crippen LogP contribution in [-0.4, -0.2) is 34.6 Å². The molecule has 5 rings (SSSR count). The molecule has 1 atom stereocenters. The van der Waals surface area contributed by atoms with Gasteiger partial charge in [0.1, 0.15) is 23.7 Å². The van der Waals surface area contributed by atoms with Crippen molar-refractivity contribution in [2.45, 2.75) is 43.7 Å². The summed E-state index contributed by atoms with van der Waals surface area (Å²) >= 11 is 5.90. The monoisotopic (exact) mass is 517 g/mol. The minimum atomic E-state index is -0.502. The van der Waals surface area contributed by atoms with E-state index in [1.807, 2.05) is 6.08 Å².